The molecule has 1 atom stereocenters. The van der Waals surface area contributed by atoms with Crippen LogP contribution < -0.4 is 10.8 Å². The molecule has 0 saturated carbocycles. The van der Waals surface area contributed by atoms with E-state index in [0.717, 1.165) is 10.9 Å². The summed E-state index contributed by atoms with van der Waals surface area (Å²) in [6.07, 6.45) is 1.69. The first-order chi connectivity index (χ1) is 9.59. The van der Waals surface area contributed by atoms with Gasteiger partial charge in [0.25, 0.3) is 0 Å². The van der Waals surface area contributed by atoms with E-state index in [1.165, 1.54) is 0 Å². The van der Waals surface area contributed by atoms with Crippen LogP contribution in [0, 0.1) is 5.92 Å². The van der Waals surface area contributed by atoms with E-state index in [9.17, 15) is 5.11 Å². The first-order valence-corrected chi connectivity index (χ1v) is 8.88. The molecule has 4 nitrogen and oxygen atoms in total. The third-order valence-corrected chi connectivity index (χ3v) is 2.85. The zero-order valence-electron chi connectivity index (χ0n) is 11.2. The summed E-state index contributed by atoms with van der Waals surface area (Å²) in [6, 6.07) is 8.80. The first kappa shape index (κ1) is 17.1. The second-order valence-electron chi connectivity index (χ2n) is 4.57. The van der Waals surface area contributed by atoms with Crippen LogP contribution in [0.25, 0.3) is 10.9 Å². The van der Waals surface area contributed by atoms with Gasteiger partial charge in [0.05, 0.1) is 11.2 Å². The van der Waals surface area contributed by atoms with Gasteiger partial charge in [-0.3, -0.25) is 9.98 Å². The Morgan fingerprint density at radius 2 is 1.95 bits per heavy atom. The van der Waals surface area contributed by atoms with Crippen molar-refractivity contribution < 1.29 is 23.9 Å². The number of rotatable bonds is 3. The summed E-state index contributed by atoms with van der Waals surface area (Å²) in [6.45, 7) is 3.80. The van der Waals surface area contributed by atoms with Crippen molar-refractivity contribution in [2.75, 3.05) is 0 Å². The molecule has 1 aromatic carbocycles. The number of hydrogen-bond acceptors (Lipinski definition) is 4. The summed E-state index contributed by atoms with van der Waals surface area (Å²) in [5.74, 6) is -0.229. The van der Waals surface area contributed by atoms with Crippen molar-refractivity contribution in [3.63, 3.8) is 0 Å². The summed E-state index contributed by atoms with van der Waals surface area (Å²) in [5, 5.41) is 12.8. The average Bonchev–Trinajstić information content (AvgIpc) is 2.48. The summed E-state index contributed by atoms with van der Waals surface area (Å²) in [7, 11) is 4.61. The van der Waals surface area contributed by atoms with Gasteiger partial charge in [-0.05, 0) is 23.9 Å². The minimum absolute atomic E-state index is 0.0733. The minimum atomic E-state index is -0.566. The number of pyridine rings is 1. The third kappa shape index (κ3) is 4.27. The number of hydrogen-bond donors (Lipinski definition) is 1. The molecule has 0 fully saturated rings. The van der Waals surface area contributed by atoms with E-state index >= 15 is 0 Å². The maximum absolute atomic E-state index is 11.9. The van der Waals surface area contributed by atoms with Gasteiger partial charge in [0.15, 0.2) is 0 Å². The Labute approximate surface area is 133 Å². The molecule has 0 aliphatic carbocycles. The normalized spacial score (nSPS) is 13.1. The molecule has 0 aliphatic heterocycles. The fourth-order valence-corrected chi connectivity index (χ4v) is 1.66. The van der Waals surface area contributed by atoms with Crippen LogP contribution in [-0.4, -0.2) is 16.9 Å². The summed E-state index contributed by atoms with van der Waals surface area (Å²) in [5.41, 5.74) is 7.09. The van der Waals surface area contributed by atoms with Crippen LogP contribution in [0.2, 0.25) is 0 Å². The van der Waals surface area contributed by atoms with Crippen molar-refractivity contribution >= 4 is 31.9 Å². The Hall–Kier alpha value is -0.962. The van der Waals surface area contributed by atoms with Gasteiger partial charge in [0, 0.05) is 17.6 Å². The van der Waals surface area contributed by atoms with Crippen molar-refractivity contribution in [3.8, 4) is 0 Å². The van der Waals surface area contributed by atoms with Gasteiger partial charge < -0.3 is 10.8 Å². The SMILES string of the molecule is CC(C)C(N)C([O-])=Nc1cccc2cccnc12.[Cl][Pt+]. The van der Waals surface area contributed by atoms with E-state index in [1.807, 2.05) is 38.1 Å². The molecule has 20 heavy (non-hydrogen) atoms. The van der Waals surface area contributed by atoms with Gasteiger partial charge in [-0.2, -0.15) is 0 Å². The van der Waals surface area contributed by atoms with Crippen LogP contribution in [0.15, 0.2) is 41.5 Å². The van der Waals surface area contributed by atoms with E-state index in [-0.39, 0.29) is 11.8 Å². The van der Waals surface area contributed by atoms with Crippen LogP contribution in [0.3, 0.4) is 0 Å². The Morgan fingerprint density at radius 1 is 1.30 bits per heavy atom. The van der Waals surface area contributed by atoms with Crippen LogP contribution in [-0.2, 0) is 18.8 Å². The number of fused-ring (bicyclic) bond motifs is 1. The molecule has 2 aromatic rings. The van der Waals surface area contributed by atoms with Gasteiger partial charge in [-0.1, -0.05) is 32.0 Å². The Morgan fingerprint density at radius 3 is 2.60 bits per heavy atom. The van der Waals surface area contributed by atoms with Crippen LogP contribution in [0.1, 0.15) is 13.8 Å². The molecule has 6 heteroatoms. The van der Waals surface area contributed by atoms with Gasteiger partial charge >= 0.3 is 28.2 Å². The van der Waals surface area contributed by atoms with E-state index in [0.29, 0.717) is 5.69 Å². The zero-order valence-corrected chi connectivity index (χ0v) is 14.2. The maximum atomic E-state index is 11.9. The molecular weight excluding hydrogens is 457 g/mol. The van der Waals surface area contributed by atoms with Crippen LogP contribution >= 0.6 is 9.42 Å². The number of aliphatic imine (C=N–C) groups is 1. The molecule has 2 N–H and O–H groups in total. The van der Waals surface area contributed by atoms with E-state index < -0.39 is 6.04 Å². The van der Waals surface area contributed by atoms with Crippen molar-refractivity contribution in [2.45, 2.75) is 19.9 Å². The molecular formula is C14H16ClN3OPt. The topological polar surface area (TPSA) is 74.3 Å². The quantitative estimate of drug-likeness (QED) is 0.550. The number of aromatic nitrogens is 1. The molecule has 0 aliphatic rings. The predicted octanol–water partition coefficient (Wildman–Crippen LogP) is 2.30. The van der Waals surface area contributed by atoms with E-state index in [1.54, 1.807) is 31.0 Å². The molecule has 0 saturated heterocycles. The van der Waals surface area contributed by atoms with Gasteiger partial charge in [-0.15, -0.1) is 0 Å². The van der Waals surface area contributed by atoms with Gasteiger partial charge in [0.1, 0.15) is 0 Å². The number of para-hydroxylation sites is 1. The molecule has 1 aromatic heterocycles. The number of nitrogens with zero attached hydrogens (tertiary/aromatic N) is 2. The molecule has 0 bridgehead atoms. The van der Waals surface area contributed by atoms with Crippen molar-refractivity contribution in [1.82, 2.24) is 4.98 Å². The second-order valence-corrected chi connectivity index (χ2v) is 4.57. The molecule has 0 radical (unpaired) electrons. The molecule has 1 unspecified atom stereocenters. The second kappa shape index (κ2) is 8.35. The number of benzene rings is 1. The Kier molecular flexibility index (Phi) is 7.14. The van der Waals surface area contributed by atoms with Crippen molar-refractivity contribution in [2.24, 2.45) is 16.6 Å². The van der Waals surface area contributed by atoms with Crippen LogP contribution in [0.4, 0.5) is 5.69 Å². The first-order valence-electron chi connectivity index (χ1n) is 6.06. The molecule has 0 spiro atoms. The third-order valence-electron chi connectivity index (χ3n) is 2.85. The molecule has 2 rings (SSSR count). The summed E-state index contributed by atoms with van der Waals surface area (Å²) >= 11 is 1.61. The monoisotopic (exact) mass is 472 g/mol. The van der Waals surface area contributed by atoms with E-state index in [2.05, 4.69) is 19.4 Å². The van der Waals surface area contributed by atoms with E-state index in [4.69, 9.17) is 5.73 Å². The average molecular weight is 473 g/mol. The fraction of sp³-hybridized carbons (Fsp3) is 0.286. The molecule has 0 amide bonds. The Balaban J connectivity index is 0.000000956. The Bertz CT molecular complexity index is 584. The standard InChI is InChI=1S/C14H17N3O.ClH.Pt/c1-9(2)12(15)14(18)17-11-7-3-5-10-6-4-8-16-13(10)11;;/h3-9,12H,15H2,1-2H3,(H,17,18);1H;/q;;+2/p-2. The number of halogens is 1. The summed E-state index contributed by atoms with van der Waals surface area (Å²) in [4.78, 5) is 8.33. The molecule has 110 valence electrons. The zero-order chi connectivity index (χ0) is 15.1. The van der Waals surface area contributed by atoms with Crippen molar-refractivity contribution in [1.29, 1.82) is 0 Å². The summed E-state index contributed by atoms with van der Waals surface area (Å²) < 4.78 is 0. The molecule has 1 heterocycles. The van der Waals surface area contributed by atoms with Crippen LogP contribution in [0.5, 0.6) is 0 Å². The predicted molar refractivity (Wildman–Crippen MR) is 77.5 cm³/mol. The number of nitrogens with two attached hydrogens (primary N) is 1. The van der Waals surface area contributed by atoms with Gasteiger partial charge in [-0.25, -0.2) is 0 Å². The van der Waals surface area contributed by atoms with Gasteiger partial charge in [0.2, 0.25) is 0 Å². The van der Waals surface area contributed by atoms with Crippen molar-refractivity contribution in [3.05, 3.63) is 36.5 Å². The fourth-order valence-electron chi connectivity index (χ4n) is 1.66.